The van der Waals surface area contributed by atoms with Gasteiger partial charge >= 0.3 is 0 Å². The summed E-state index contributed by atoms with van der Waals surface area (Å²) in [7, 11) is 0. The van der Waals surface area contributed by atoms with Gasteiger partial charge in [-0.25, -0.2) is 0 Å². The molecule has 0 aliphatic rings. The second-order valence-corrected chi connectivity index (χ2v) is 3.95. The van der Waals surface area contributed by atoms with Crippen LogP contribution in [-0.2, 0) is 0 Å². The number of hydrogen-bond donors (Lipinski definition) is 2. The van der Waals surface area contributed by atoms with Crippen LogP contribution in [0.1, 0.15) is 26.8 Å². The molecule has 2 unspecified atom stereocenters. The molecule has 0 aliphatic carbocycles. The minimum Gasteiger partial charge on any atom is -0.315 e. The van der Waals surface area contributed by atoms with E-state index in [0.717, 1.165) is 19.6 Å². The Balaban J connectivity index is 2.19. The van der Waals surface area contributed by atoms with E-state index in [1.165, 1.54) is 0 Å². The third-order valence-corrected chi connectivity index (χ3v) is 2.44. The van der Waals surface area contributed by atoms with Gasteiger partial charge in [0.25, 0.3) is 0 Å². The van der Waals surface area contributed by atoms with E-state index in [-0.39, 0.29) is 0 Å². The fraction of sp³-hybridized carbons (Fsp3) is 0.727. The predicted molar refractivity (Wildman–Crippen MR) is 62.9 cm³/mol. The molecule has 0 spiro atoms. The molecule has 1 rings (SSSR count). The molecule has 0 saturated carbocycles. The van der Waals surface area contributed by atoms with Crippen molar-refractivity contribution in [1.82, 2.24) is 20.4 Å². The molecular weight excluding hydrogens is 188 g/mol. The zero-order valence-corrected chi connectivity index (χ0v) is 9.90. The summed E-state index contributed by atoms with van der Waals surface area (Å²) in [4.78, 5) is 0. The smallest absolute Gasteiger partial charge is 0.0615 e. The third kappa shape index (κ3) is 4.44. The lowest BCUT2D eigenvalue weighted by atomic mass is 10.3. The number of nitrogens with one attached hydrogen (secondary N) is 2. The number of nitrogens with zero attached hydrogens (tertiary/aromatic N) is 2. The first kappa shape index (κ1) is 12.2. The maximum Gasteiger partial charge on any atom is 0.0615 e. The van der Waals surface area contributed by atoms with Crippen molar-refractivity contribution in [2.75, 3.05) is 19.6 Å². The van der Waals surface area contributed by atoms with Gasteiger partial charge in [-0.05, 0) is 26.5 Å². The highest BCUT2D eigenvalue weighted by molar-refractivity contribution is 4.81. The highest BCUT2D eigenvalue weighted by Crippen LogP contribution is 2.01. The van der Waals surface area contributed by atoms with Gasteiger partial charge in [0.1, 0.15) is 0 Å². The topological polar surface area (TPSA) is 41.9 Å². The molecule has 0 aromatic carbocycles. The Bertz CT molecular complexity index is 245. The van der Waals surface area contributed by atoms with Gasteiger partial charge in [-0.3, -0.25) is 4.68 Å². The second kappa shape index (κ2) is 6.58. The lowest BCUT2D eigenvalue weighted by molar-refractivity contribution is 0.415. The maximum absolute atomic E-state index is 4.22. The average molecular weight is 210 g/mol. The Kier molecular flexibility index (Phi) is 5.36. The molecule has 2 atom stereocenters. The number of rotatable bonds is 7. The Labute approximate surface area is 92.1 Å². The molecule has 0 saturated heterocycles. The molecule has 0 fully saturated rings. The summed E-state index contributed by atoms with van der Waals surface area (Å²) in [5.74, 6) is 0. The van der Waals surface area contributed by atoms with Crippen LogP contribution in [0.15, 0.2) is 18.5 Å². The van der Waals surface area contributed by atoms with Crippen molar-refractivity contribution in [2.45, 2.75) is 32.9 Å². The number of aromatic nitrogens is 2. The maximum atomic E-state index is 4.22. The van der Waals surface area contributed by atoms with Crippen LogP contribution in [-0.4, -0.2) is 35.5 Å². The van der Waals surface area contributed by atoms with Crippen molar-refractivity contribution in [3.8, 4) is 0 Å². The molecule has 15 heavy (non-hydrogen) atoms. The first-order valence-corrected chi connectivity index (χ1v) is 5.67. The van der Waals surface area contributed by atoms with Gasteiger partial charge in [0.15, 0.2) is 0 Å². The molecule has 0 aliphatic heterocycles. The highest BCUT2D eigenvalue weighted by Gasteiger charge is 2.06. The predicted octanol–water partition coefficient (Wildman–Crippen LogP) is 1.03. The molecule has 1 aromatic heterocycles. The van der Waals surface area contributed by atoms with Gasteiger partial charge in [0.2, 0.25) is 0 Å². The fourth-order valence-corrected chi connectivity index (χ4v) is 1.44. The monoisotopic (exact) mass is 210 g/mol. The molecule has 0 amide bonds. The summed E-state index contributed by atoms with van der Waals surface area (Å²) >= 11 is 0. The standard InChI is InChI=1S/C11H22N4/c1-4-12-8-10(2)13-9-11(3)15-7-5-6-14-15/h5-7,10-13H,4,8-9H2,1-3H3. The van der Waals surface area contributed by atoms with Gasteiger partial charge in [-0.1, -0.05) is 6.92 Å². The summed E-state index contributed by atoms with van der Waals surface area (Å²) in [6.45, 7) is 9.48. The van der Waals surface area contributed by atoms with Gasteiger partial charge in [0, 0.05) is 31.5 Å². The van der Waals surface area contributed by atoms with Crippen LogP contribution in [0, 0.1) is 0 Å². The molecule has 1 aromatic rings. The summed E-state index contributed by atoms with van der Waals surface area (Å²) in [6.07, 6.45) is 3.82. The van der Waals surface area contributed by atoms with Crippen molar-refractivity contribution >= 4 is 0 Å². The minimum atomic E-state index is 0.407. The first-order chi connectivity index (χ1) is 7.24. The van der Waals surface area contributed by atoms with Crippen molar-refractivity contribution in [3.05, 3.63) is 18.5 Å². The molecule has 86 valence electrons. The lowest BCUT2D eigenvalue weighted by Crippen LogP contribution is -2.38. The normalized spacial score (nSPS) is 15.1. The van der Waals surface area contributed by atoms with E-state index in [9.17, 15) is 0 Å². The van der Waals surface area contributed by atoms with E-state index >= 15 is 0 Å². The lowest BCUT2D eigenvalue weighted by Gasteiger charge is -2.18. The van der Waals surface area contributed by atoms with Crippen molar-refractivity contribution in [3.63, 3.8) is 0 Å². The number of hydrogen-bond acceptors (Lipinski definition) is 3. The molecule has 0 radical (unpaired) electrons. The van der Waals surface area contributed by atoms with Gasteiger partial charge < -0.3 is 10.6 Å². The summed E-state index contributed by atoms with van der Waals surface area (Å²) in [5, 5.41) is 11.0. The van der Waals surface area contributed by atoms with E-state index in [0.29, 0.717) is 12.1 Å². The van der Waals surface area contributed by atoms with Crippen molar-refractivity contribution < 1.29 is 0 Å². The van der Waals surface area contributed by atoms with Crippen LogP contribution in [0.5, 0.6) is 0 Å². The molecule has 4 heteroatoms. The molecular formula is C11H22N4. The van der Waals surface area contributed by atoms with Crippen LogP contribution in [0.2, 0.25) is 0 Å². The van der Waals surface area contributed by atoms with E-state index < -0.39 is 0 Å². The van der Waals surface area contributed by atoms with Crippen molar-refractivity contribution in [2.24, 2.45) is 0 Å². The van der Waals surface area contributed by atoms with Crippen LogP contribution in [0.25, 0.3) is 0 Å². The SMILES string of the molecule is CCNCC(C)NCC(C)n1cccn1. The van der Waals surface area contributed by atoms with E-state index in [1.54, 1.807) is 0 Å². The van der Waals surface area contributed by atoms with Gasteiger partial charge in [0.05, 0.1) is 6.04 Å². The summed E-state index contributed by atoms with van der Waals surface area (Å²) in [6, 6.07) is 2.87. The molecule has 1 heterocycles. The largest absolute Gasteiger partial charge is 0.315 e. The van der Waals surface area contributed by atoms with Crippen LogP contribution in [0.4, 0.5) is 0 Å². The third-order valence-electron chi connectivity index (χ3n) is 2.44. The highest BCUT2D eigenvalue weighted by atomic mass is 15.3. The summed E-state index contributed by atoms with van der Waals surface area (Å²) < 4.78 is 1.98. The summed E-state index contributed by atoms with van der Waals surface area (Å²) in [5.41, 5.74) is 0. The van der Waals surface area contributed by atoms with E-state index in [4.69, 9.17) is 0 Å². The van der Waals surface area contributed by atoms with Crippen LogP contribution >= 0.6 is 0 Å². The fourth-order valence-electron chi connectivity index (χ4n) is 1.44. The second-order valence-electron chi connectivity index (χ2n) is 3.95. The minimum absolute atomic E-state index is 0.407. The Morgan fingerprint density at radius 2 is 2.13 bits per heavy atom. The zero-order valence-electron chi connectivity index (χ0n) is 9.90. The van der Waals surface area contributed by atoms with Gasteiger partial charge in [-0.15, -0.1) is 0 Å². The molecule has 2 N–H and O–H groups in total. The van der Waals surface area contributed by atoms with Gasteiger partial charge in [-0.2, -0.15) is 5.10 Å². The Hall–Kier alpha value is -0.870. The molecule has 0 bridgehead atoms. The van der Waals surface area contributed by atoms with Crippen LogP contribution in [0.3, 0.4) is 0 Å². The van der Waals surface area contributed by atoms with Crippen molar-refractivity contribution in [1.29, 1.82) is 0 Å². The average Bonchev–Trinajstić information content (AvgIpc) is 2.76. The van der Waals surface area contributed by atoms with E-state index in [1.807, 2.05) is 23.1 Å². The quantitative estimate of drug-likeness (QED) is 0.706. The molecule has 4 nitrogen and oxygen atoms in total. The first-order valence-electron chi connectivity index (χ1n) is 5.67. The Morgan fingerprint density at radius 1 is 1.33 bits per heavy atom. The van der Waals surface area contributed by atoms with E-state index in [2.05, 4.69) is 36.5 Å². The zero-order chi connectivity index (χ0) is 11.1. The number of likely N-dealkylation sites (N-methyl/N-ethyl adjacent to an activating group) is 1. The van der Waals surface area contributed by atoms with Crippen LogP contribution < -0.4 is 10.6 Å². The Morgan fingerprint density at radius 3 is 2.73 bits per heavy atom.